The topological polar surface area (TPSA) is 101 Å². The second-order valence-electron chi connectivity index (χ2n) is 8.95. The van der Waals surface area contributed by atoms with Crippen LogP contribution in [0.3, 0.4) is 0 Å². The first-order chi connectivity index (χ1) is 15.6. The Morgan fingerprint density at radius 2 is 1.81 bits per heavy atom. The Hall–Kier alpha value is -2.70. The maximum absolute atomic E-state index is 12.9. The maximum atomic E-state index is 12.9. The average Bonchev–Trinajstić information content (AvgIpc) is 3.27. The molecule has 2 aromatic carbocycles. The Kier molecular flexibility index (Phi) is 7.55. The molecule has 1 unspecified atom stereocenters. The van der Waals surface area contributed by atoms with Crippen LogP contribution in [0.25, 0.3) is 11.1 Å². The molecule has 0 saturated heterocycles. The summed E-state index contributed by atoms with van der Waals surface area (Å²) >= 11 is 0. The Bertz CT molecular complexity index is 965. The van der Waals surface area contributed by atoms with Crippen molar-refractivity contribution < 1.29 is 14.3 Å². The van der Waals surface area contributed by atoms with Gasteiger partial charge < -0.3 is 20.6 Å². The van der Waals surface area contributed by atoms with Gasteiger partial charge in [-0.1, -0.05) is 74.6 Å². The molecule has 6 heteroatoms. The van der Waals surface area contributed by atoms with Gasteiger partial charge in [-0.2, -0.15) is 0 Å². The molecule has 32 heavy (non-hydrogen) atoms. The van der Waals surface area contributed by atoms with Crippen molar-refractivity contribution in [2.45, 2.75) is 69.6 Å². The molecule has 0 spiro atoms. The number of benzene rings is 2. The van der Waals surface area contributed by atoms with Crippen LogP contribution in [0.1, 0.15) is 62.5 Å². The fourth-order valence-corrected chi connectivity index (χ4v) is 4.64. The van der Waals surface area contributed by atoms with Crippen LogP contribution >= 0.6 is 0 Å². The van der Waals surface area contributed by atoms with Crippen LogP contribution in [0.2, 0.25) is 0 Å². The monoisotopic (exact) mass is 435 g/mol. The summed E-state index contributed by atoms with van der Waals surface area (Å²) in [4.78, 5) is 17.4. The lowest BCUT2D eigenvalue weighted by molar-refractivity contribution is -0.124. The number of nitrogens with two attached hydrogens (primary N) is 1. The molecule has 3 atom stereocenters. The van der Waals surface area contributed by atoms with Gasteiger partial charge in [0.1, 0.15) is 5.52 Å². The number of aliphatic hydroxyl groups excluding tert-OH is 1. The first kappa shape index (κ1) is 22.5. The molecule has 0 aliphatic heterocycles. The third-order valence-electron chi connectivity index (χ3n) is 6.51. The highest BCUT2D eigenvalue weighted by molar-refractivity contribution is 5.81. The van der Waals surface area contributed by atoms with E-state index in [1.54, 1.807) is 0 Å². The number of rotatable bonds is 9. The molecule has 3 aromatic rings. The van der Waals surface area contributed by atoms with Crippen LogP contribution in [0, 0.1) is 5.92 Å². The summed E-state index contributed by atoms with van der Waals surface area (Å²) in [7, 11) is 0. The van der Waals surface area contributed by atoms with Gasteiger partial charge in [0.2, 0.25) is 11.8 Å². The molecule has 4 rings (SSSR count). The number of oxazole rings is 1. The minimum atomic E-state index is -1.06. The number of amides is 1. The van der Waals surface area contributed by atoms with Gasteiger partial charge in [-0.3, -0.25) is 4.79 Å². The summed E-state index contributed by atoms with van der Waals surface area (Å²) in [6, 6.07) is 16.3. The van der Waals surface area contributed by atoms with Gasteiger partial charge in [-0.05, 0) is 42.9 Å². The molecular weight excluding hydrogens is 402 g/mol. The van der Waals surface area contributed by atoms with Gasteiger partial charge in [-0.25, -0.2) is 4.98 Å². The fourth-order valence-electron chi connectivity index (χ4n) is 4.64. The van der Waals surface area contributed by atoms with E-state index in [2.05, 4.69) is 10.3 Å². The SMILES string of the molecule is N[C@@H](CC1CCCCC1)C(=O)N[C@@H](CCc1ccccc1)C(O)c1nc2ccccc2o1. The first-order valence-electron chi connectivity index (χ1n) is 11.7. The zero-order valence-electron chi connectivity index (χ0n) is 18.5. The van der Waals surface area contributed by atoms with Crippen LogP contribution in [0.5, 0.6) is 0 Å². The van der Waals surface area contributed by atoms with Crippen molar-refractivity contribution in [1.82, 2.24) is 10.3 Å². The van der Waals surface area contributed by atoms with E-state index in [9.17, 15) is 9.90 Å². The van der Waals surface area contributed by atoms with Gasteiger partial charge in [0.15, 0.2) is 11.7 Å². The average molecular weight is 436 g/mol. The number of hydrogen-bond acceptors (Lipinski definition) is 5. The van der Waals surface area contributed by atoms with E-state index in [-0.39, 0.29) is 11.8 Å². The van der Waals surface area contributed by atoms with Crippen LogP contribution in [-0.2, 0) is 11.2 Å². The van der Waals surface area contributed by atoms with Crippen molar-refractivity contribution >= 4 is 17.0 Å². The number of fused-ring (bicyclic) bond motifs is 1. The van der Waals surface area contributed by atoms with Gasteiger partial charge >= 0.3 is 0 Å². The number of aromatic nitrogens is 1. The van der Waals surface area contributed by atoms with Crippen LogP contribution in [0.4, 0.5) is 0 Å². The molecule has 1 saturated carbocycles. The van der Waals surface area contributed by atoms with E-state index < -0.39 is 18.2 Å². The van der Waals surface area contributed by atoms with Crippen molar-refractivity contribution in [2.24, 2.45) is 11.7 Å². The molecule has 1 aliphatic carbocycles. The number of para-hydroxylation sites is 2. The Balaban J connectivity index is 1.46. The number of carbonyl (C=O) groups excluding carboxylic acids is 1. The molecule has 4 N–H and O–H groups in total. The maximum Gasteiger partial charge on any atom is 0.237 e. The Morgan fingerprint density at radius 1 is 1.09 bits per heavy atom. The van der Waals surface area contributed by atoms with Crippen molar-refractivity contribution in [3.63, 3.8) is 0 Å². The zero-order chi connectivity index (χ0) is 22.3. The number of aryl methyl sites for hydroxylation is 1. The summed E-state index contributed by atoms with van der Waals surface area (Å²) < 4.78 is 5.78. The lowest BCUT2D eigenvalue weighted by Crippen LogP contribution is -2.48. The summed E-state index contributed by atoms with van der Waals surface area (Å²) in [6.45, 7) is 0. The van der Waals surface area contributed by atoms with Gasteiger partial charge in [0, 0.05) is 0 Å². The van der Waals surface area contributed by atoms with E-state index in [0.29, 0.717) is 36.3 Å². The minimum absolute atomic E-state index is 0.213. The van der Waals surface area contributed by atoms with E-state index in [1.165, 1.54) is 19.3 Å². The van der Waals surface area contributed by atoms with Crippen molar-refractivity contribution in [1.29, 1.82) is 0 Å². The van der Waals surface area contributed by atoms with Crippen molar-refractivity contribution in [3.8, 4) is 0 Å². The minimum Gasteiger partial charge on any atom is -0.438 e. The van der Waals surface area contributed by atoms with Crippen LogP contribution in [-0.4, -0.2) is 28.1 Å². The van der Waals surface area contributed by atoms with Crippen molar-refractivity contribution in [2.75, 3.05) is 0 Å². The second-order valence-corrected chi connectivity index (χ2v) is 8.95. The van der Waals surface area contributed by atoms with Crippen LogP contribution < -0.4 is 11.1 Å². The highest BCUT2D eigenvalue weighted by atomic mass is 16.4. The third-order valence-corrected chi connectivity index (χ3v) is 6.51. The highest BCUT2D eigenvalue weighted by Gasteiger charge is 2.29. The predicted molar refractivity (Wildman–Crippen MR) is 125 cm³/mol. The number of carbonyl (C=O) groups is 1. The third kappa shape index (κ3) is 5.75. The summed E-state index contributed by atoms with van der Waals surface area (Å²) in [5.41, 5.74) is 8.71. The van der Waals surface area contributed by atoms with E-state index in [4.69, 9.17) is 10.2 Å². The molecule has 0 radical (unpaired) electrons. The summed E-state index contributed by atoms with van der Waals surface area (Å²) in [5.74, 6) is 0.503. The molecular formula is C26H33N3O3. The molecule has 0 bridgehead atoms. The molecule has 1 heterocycles. The molecule has 1 amide bonds. The molecule has 6 nitrogen and oxygen atoms in total. The number of aliphatic hydroxyl groups is 1. The normalized spacial score (nSPS) is 17.7. The fraction of sp³-hybridized carbons (Fsp3) is 0.462. The molecule has 1 aliphatic rings. The van der Waals surface area contributed by atoms with Gasteiger partial charge in [0.05, 0.1) is 12.1 Å². The number of hydrogen-bond donors (Lipinski definition) is 3. The zero-order valence-corrected chi connectivity index (χ0v) is 18.5. The predicted octanol–water partition coefficient (Wildman–Crippen LogP) is 4.28. The molecule has 1 aromatic heterocycles. The van der Waals surface area contributed by atoms with E-state index in [0.717, 1.165) is 18.4 Å². The highest BCUT2D eigenvalue weighted by Crippen LogP contribution is 2.28. The quantitative estimate of drug-likeness (QED) is 0.466. The largest absolute Gasteiger partial charge is 0.438 e. The Morgan fingerprint density at radius 3 is 2.56 bits per heavy atom. The molecule has 170 valence electrons. The lowest BCUT2D eigenvalue weighted by atomic mass is 9.85. The standard InChI is InChI=1S/C26H33N3O3/c27-20(17-19-11-5-2-6-12-19)25(31)28-22(16-15-18-9-3-1-4-10-18)24(30)26-29-21-13-7-8-14-23(21)32-26/h1,3-4,7-10,13-14,19-20,22,24,30H,2,5-6,11-12,15-17,27H2,(H,28,31)/t20-,22-,24?/m0/s1. The van der Waals surface area contributed by atoms with Gasteiger partial charge in [0.25, 0.3) is 0 Å². The summed E-state index contributed by atoms with van der Waals surface area (Å²) in [6.07, 6.45) is 6.88. The lowest BCUT2D eigenvalue weighted by Gasteiger charge is -2.27. The first-order valence-corrected chi connectivity index (χ1v) is 11.7. The van der Waals surface area contributed by atoms with E-state index >= 15 is 0 Å². The van der Waals surface area contributed by atoms with Gasteiger partial charge in [-0.15, -0.1) is 0 Å². The smallest absolute Gasteiger partial charge is 0.237 e. The van der Waals surface area contributed by atoms with E-state index in [1.807, 2.05) is 54.6 Å². The van der Waals surface area contributed by atoms with Crippen LogP contribution in [0.15, 0.2) is 59.0 Å². The molecule has 1 fully saturated rings. The number of nitrogens with zero attached hydrogens (tertiary/aromatic N) is 1. The second kappa shape index (κ2) is 10.7. The van der Waals surface area contributed by atoms with Crippen molar-refractivity contribution in [3.05, 3.63) is 66.1 Å². The summed E-state index contributed by atoms with van der Waals surface area (Å²) in [5, 5.41) is 14.1. The Labute approximate surface area is 189 Å². The number of nitrogens with one attached hydrogen (secondary N) is 1.